The van der Waals surface area contributed by atoms with Crippen LogP contribution in [0.1, 0.15) is 26.2 Å². The Kier molecular flexibility index (Phi) is 3.49. The number of anilines is 1. The number of carbonyl (C=O) groups is 1. The van der Waals surface area contributed by atoms with Crippen molar-refractivity contribution in [2.24, 2.45) is 5.41 Å². The molecule has 110 valence electrons. The lowest BCUT2D eigenvalue weighted by Gasteiger charge is -2.39. The molecule has 1 aromatic heterocycles. The monoisotopic (exact) mass is 285 g/mol. The van der Waals surface area contributed by atoms with E-state index >= 15 is 0 Å². The Bertz CT molecular complexity index is 673. The molecule has 0 aliphatic carbocycles. The average Bonchev–Trinajstić information content (AvgIpc) is 2.54. The number of rotatable bonds is 3. The summed E-state index contributed by atoms with van der Waals surface area (Å²) in [4.78, 5) is 22.6. The minimum atomic E-state index is -0.713. The fourth-order valence-corrected chi connectivity index (χ4v) is 3.03. The summed E-state index contributed by atoms with van der Waals surface area (Å²) in [7, 11) is 0. The van der Waals surface area contributed by atoms with Gasteiger partial charge in [0.15, 0.2) is 0 Å². The highest BCUT2D eigenvalue weighted by Gasteiger charge is 2.41. The fraction of sp³-hybridized carbons (Fsp3) is 0.438. The quantitative estimate of drug-likeness (QED) is 0.939. The van der Waals surface area contributed by atoms with Crippen LogP contribution in [0.4, 0.5) is 5.95 Å². The van der Waals surface area contributed by atoms with Gasteiger partial charge in [0.1, 0.15) is 0 Å². The molecule has 1 fully saturated rings. The number of carboxylic acids is 1. The lowest BCUT2D eigenvalue weighted by molar-refractivity contribution is -0.149. The Balaban J connectivity index is 1.92. The molecule has 0 amide bonds. The van der Waals surface area contributed by atoms with Crippen LogP contribution in [0.15, 0.2) is 30.5 Å². The van der Waals surface area contributed by atoms with Crippen LogP contribution in [0.2, 0.25) is 0 Å². The molecular formula is C16H19N3O2. The smallest absolute Gasteiger partial charge is 0.311 e. The van der Waals surface area contributed by atoms with Crippen molar-refractivity contribution in [3.63, 3.8) is 0 Å². The van der Waals surface area contributed by atoms with Gasteiger partial charge in [-0.15, -0.1) is 0 Å². The van der Waals surface area contributed by atoms with Gasteiger partial charge in [0, 0.05) is 24.7 Å². The maximum absolute atomic E-state index is 11.6. The fourth-order valence-electron chi connectivity index (χ4n) is 3.03. The van der Waals surface area contributed by atoms with Gasteiger partial charge in [-0.1, -0.05) is 25.1 Å². The van der Waals surface area contributed by atoms with Crippen LogP contribution < -0.4 is 4.90 Å². The zero-order chi connectivity index (χ0) is 14.9. The topological polar surface area (TPSA) is 66.3 Å². The van der Waals surface area contributed by atoms with E-state index in [0.717, 1.165) is 30.3 Å². The molecule has 3 rings (SSSR count). The first-order valence-electron chi connectivity index (χ1n) is 7.35. The van der Waals surface area contributed by atoms with Gasteiger partial charge in [-0.05, 0) is 25.3 Å². The second-order valence-electron chi connectivity index (χ2n) is 5.69. The maximum atomic E-state index is 11.6. The molecule has 1 aliphatic rings. The molecule has 1 atom stereocenters. The predicted octanol–water partition coefficient (Wildman–Crippen LogP) is 2.71. The van der Waals surface area contributed by atoms with Gasteiger partial charge in [0.05, 0.1) is 10.9 Å². The molecule has 1 unspecified atom stereocenters. The number of hydrogen-bond acceptors (Lipinski definition) is 4. The summed E-state index contributed by atoms with van der Waals surface area (Å²) in [5.74, 6) is -0.0806. The molecule has 2 aromatic rings. The van der Waals surface area contributed by atoms with E-state index < -0.39 is 11.4 Å². The van der Waals surface area contributed by atoms with Crippen molar-refractivity contribution in [2.75, 3.05) is 18.0 Å². The third-order valence-electron chi connectivity index (χ3n) is 4.47. The summed E-state index contributed by atoms with van der Waals surface area (Å²) in [5.41, 5.74) is 0.221. The minimum absolute atomic E-state index is 0.483. The molecule has 5 nitrogen and oxygen atoms in total. The van der Waals surface area contributed by atoms with Gasteiger partial charge in [0.2, 0.25) is 5.95 Å². The molecule has 1 saturated heterocycles. The molecule has 0 saturated carbocycles. The average molecular weight is 285 g/mol. The van der Waals surface area contributed by atoms with Gasteiger partial charge in [-0.25, -0.2) is 9.97 Å². The van der Waals surface area contributed by atoms with E-state index in [1.807, 2.05) is 36.1 Å². The van der Waals surface area contributed by atoms with Crippen molar-refractivity contribution >= 4 is 22.8 Å². The Labute approximate surface area is 123 Å². The predicted molar refractivity (Wildman–Crippen MR) is 81.3 cm³/mol. The normalized spacial score (nSPS) is 22.4. The molecule has 1 aromatic carbocycles. The maximum Gasteiger partial charge on any atom is 0.311 e. The van der Waals surface area contributed by atoms with E-state index in [9.17, 15) is 9.90 Å². The lowest BCUT2D eigenvalue weighted by Crippen LogP contribution is -2.48. The number of nitrogens with zero attached hydrogens (tertiary/aromatic N) is 3. The van der Waals surface area contributed by atoms with Crippen molar-refractivity contribution in [1.29, 1.82) is 0 Å². The standard InChI is InChI=1S/C16H19N3O2/c1-2-16(14(20)21)8-5-9-19(11-16)15-17-10-12-6-3-4-7-13(12)18-15/h3-4,6-7,10H,2,5,8-9,11H2,1H3,(H,20,21). The summed E-state index contributed by atoms with van der Waals surface area (Å²) in [6.07, 6.45) is 4.02. The van der Waals surface area contributed by atoms with E-state index in [4.69, 9.17) is 0 Å². The number of benzene rings is 1. The second-order valence-corrected chi connectivity index (χ2v) is 5.69. The van der Waals surface area contributed by atoms with Crippen LogP contribution in [0.3, 0.4) is 0 Å². The Hall–Kier alpha value is -2.17. The summed E-state index contributed by atoms with van der Waals surface area (Å²) in [5, 5.41) is 10.6. The van der Waals surface area contributed by atoms with Crippen molar-refractivity contribution in [1.82, 2.24) is 9.97 Å². The van der Waals surface area contributed by atoms with E-state index in [1.54, 1.807) is 6.20 Å². The molecule has 0 radical (unpaired) electrons. The Morgan fingerprint density at radius 2 is 2.24 bits per heavy atom. The van der Waals surface area contributed by atoms with Gasteiger partial charge >= 0.3 is 5.97 Å². The number of hydrogen-bond donors (Lipinski definition) is 1. The number of fused-ring (bicyclic) bond motifs is 1. The van der Waals surface area contributed by atoms with E-state index in [0.29, 0.717) is 18.9 Å². The van der Waals surface area contributed by atoms with Gasteiger partial charge in [-0.2, -0.15) is 0 Å². The molecule has 21 heavy (non-hydrogen) atoms. The molecule has 1 aliphatic heterocycles. The van der Waals surface area contributed by atoms with Gasteiger partial charge in [0.25, 0.3) is 0 Å². The number of aliphatic carboxylic acids is 1. The SMILES string of the molecule is CCC1(C(=O)O)CCCN(c2ncc3ccccc3n2)C1. The molecule has 1 N–H and O–H groups in total. The molecule has 5 heteroatoms. The first-order valence-corrected chi connectivity index (χ1v) is 7.35. The first-order chi connectivity index (χ1) is 10.1. The molecule has 0 spiro atoms. The zero-order valence-corrected chi connectivity index (χ0v) is 12.1. The van der Waals surface area contributed by atoms with Crippen molar-refractivity contribution in [2.45, 2.75) is 26.2 Å². The third-order valence-corrected chi connectivity index (χ3v) is 4.47. The van der Waals surface area contributed by atoms with Crippen LogP contribution in [-0.2, 0) is 4.79 Å². The van der Waals surface area contributed by atoms with E-state index in [2.05, 4.69) is 9.97 Å². The van der Waals surface area contributed by atoms with Crippen LogP contribution in [0.5, 0.6) is 0 Å². The highest BCUT2D eigenvalue weighted by atomic mass is 16.4. The lowest BCUT2D eigenvalue weighted by atomic mass is 9.78. The van der Waals surface area contributed by atoms with Crippen LogP contribution in [-0.4, -0.2) is 34.1 Å². The number of para-hydroxylation sites is 1. The van der Waals surface area contributed by atoms with E-state index in [-0.39, 0.29) is 0 Å². The minimum Gasteiger partial charge on any atom is -0.481 e. The first kappa shape index (κ1) is 13.8. The highest BCUT2D eigenvalue weighted by molar-refractivity contribution is 5.79. The van der Waals surface area contributed by atoms with Crippen molar-refractivity contribution < 1.29 is 9.90 Å². The summed E-state index contributed by atoms with van der Waals surface area (Å²) < 4.78 is 0. The molecule has 2 heterocycles. The Morgan fingerprint density at radius 3 is 3.00 bits per heavy atom. The highest BCUT2D eigenvalue weighted by Crippen LogP contribution is 2.35. The summed E-state index contributed by atoms with van der Waals surface area (Å²) >= 11 is 0. The zero-order valence-electron chi connectivity index (χ0n) is 12.1. The van der Waals surface area contributed by atoms with Gasteiger partial charge < -0.3 is 10.0 Å². The van der Waals surface area contributed by atoms with Crippen molar-refractivity contribution in [3.8, 4) is 0 Å². The molecule has 0 bridgehead atoms. The number of piperidine rings is 1. The largest absolute Gasteiger partial charge is 0.481 e. The summed E-state index contributed by atoms with van der Waals surface area (Å²) in [6, 6.07) is 7.83. The van der Waals surface area contributed by atoms with Crippen LogP contribution in [0.25, 0.3) is 10.9 Å². The number of carboxylic acid groups (broad SMARTS) is 1. The van der Waals surface area contributed by atoms with Crippen molar-refractivity contribution in [3.05, 3.63) is 30.5 Å². The van der Waals surface area contributed by atoms with E-state index in [1.165, 1.54) is 0 Å². The number of aromatic nitrogens is 2. The van der Waals surface area contributed by atoms with Crippen LogP contribution >= 0.6 is 0 Å². The van der Waals surface area contributed by atoms with Crippen LogP contribution in [0, 0.1) is 5.41 Å². The molecular weight excluding hydrogens is 266 g/mol. The third kappa shape index (κ3) is 2.44. The van der Waals surface area contributed by atoms with Gasteiger partial charge in [-0.3, -0.25) is 4.79 Å². The second kappa shape index (κ2) is 5.31. The Morgan fingerprint density at radius 1 is 1.43 bits per heavy atom. The summed E-state index contributed by atoms with van der Waals surface area (Å²) in [6.45, 7) is 3.24.